The average Bonchev–Trinajstić information content (AvgIpc) is 3.55. The van der Waals surface area contributed by atoms with Gasteiger partial charge in [0.2, 0.25) is 5.88 Å². The maximum atomic E-state index is 13.8. The summed E-state index contributed by atoms with van der Waals surface area (Å²) in [6, 6.07) is 9.41. The molecule has 2 fully saturated rings. The van der Waals surface area contributed by atoms with E-state index in [-0.39, 0.29) is 24.5 Å². The van der Waals surface area contributed by atoms with E-state index in [1.807, 2.05) is 45.8 Å². The molecule has 212 valence electrons. The largest absolute Gasteiger partial charge is 0.471 e. The lowest BCUT2D eigenvalue weighted by molar-refractivity contribution is 0.0690. The van der Waals surface area contributed by atoms with E-state index in [1.165, 1.54) is 0 Å². The molecule has 2 amide bonds. The molecule has 2 saturated heterocycles. The number of benzene rings is 1. The fourth-order valence-corrected chi connectivity index (χ4v) is 5.98. The Kier molecular flexibility index (Phi) is 7.87. The predicted octanol–water partition coefficient (Wildman–Crippen LogP) is 5.47. The summed E-state index contributed by atoms with van der Waals surface area (Å²) in [7, 11) is 0. The minimum atomic E-state index is -0.0704. The molecule has 3 aromatic heterocycles. The number of aromatic nitrogens is 4. The molecule has 5 heterocycles. The Balaban J connectivity index is 1.28. The third kappa shape index (κ3) is 5.91. The van der Waals surface area contributed by atoms with Gasteiger partial charge in [-0.3, -0.25) is 19.3 Å². The zero-order chi connectivity index (χ0) is 28.3. The van der Waals surface area contributed by atoms with Crippen molar-refractivity contribution in [3.05, 3.63) is 82.5 Å². The molecule has 6 rings (SSSR count). The molecule has 0 atom stereocenters. The van der Waals surface area contributed by atoms with E-state index in [9.17, 15) is 9.59 Å². The van der Waals surface area contributed by atoms with Crippen LogP contribution in [0, 0.1) is 6.92 Å². The van der Waals surface area contributed by atoms with Crippen LogP contribution in [0.4, 0.5) is 0 Å². The zero-order valence-electron chi connectivity index (χ0n) is 23.1. The van der Waals surface area contributed by atoms with Crippen molar-refractivity contribution in [2.24, 2.45) is 0 Å². The standard InChI is InChI=1S/C31H33ClN6O3/c1-21-14-27(32)28(33-18-21)20-41-29-17-25-23(19-34-29)15-22(16-26(25)31(40)36-9-3-2-4-10-36)30(39)37-12-6-24(7-13-37)38-11-5-8-35-38/h5,8,11,14-19,24H,2-4,6-7,9-10,12-13,20H2,1H3. The summed E-state index contributed by atoms with van der Waals surface area (Å²) in [5.74, 6) is 0.226. The molecule has 10 heteroatoms. The monoisotopic (exact) mass is 572 g/mol. The summed E-state index contributed by atoms with van der Waals surface area (Å²) in [5, 5.41) is 6.33. The molecule has 0 radical (unpaired) electrons. The predicted molar refractivity (Wildman–Crippen MR) is 156 cm³/mol. The number of carbonyl (C=O) groups excluding carboxylic acids is 2. The molecule has 1 aromatic carbocycles. The van der Waals surface area contributed by atoms with Gasteiger partial charge in [0, 0.05) is 78.9 Å². The van der Waals surface area contributed by atoms with Gasteiger partial charge in [-0.25, -0.2) is 4.98 Å². The van der Waals surface area contributed by atoms with E-state index in [2.05, 4.69) is 15.1 Å². The number of likely N-dealkylation sites (tertiary alicyclic amines) is 2. The minimum absolute atomic E-state index is 0.0675. The summed E-state index contributed by atoms with van der Waals surface area (Å²) >= 11 is 6.34. The number of nitrogens with zero attached hydrogens (tertiary/aromatic N) is 6. The number of ether oxygens (including phenoxy) is 1. The van der Waals surface area contributed by atoms with Crippen LogP contribution in [0.2, 0.25) is 5.02 Å². The number of carbonyl (C=O) groups is 2. The highest BCUT2D eigenvalue weighted by Crippen LogP contribution is 2.29. The maximum Gasteiger partial charge on any atom is 0.254 e. The number of piperidine rings is 2. The zero-order valence-corrected chi connectivity index (χ0v) is 23.9. The number of halogens is 1. The van der Waals surface area contributed by atoms with Crippen molar-refractivity contribution < 1.29 is 14.3 Å². The molecule has 0 saturated carbocycles. The summed E-state index contributed by atoms with van der Waals surface area (Å²) in [6.07, 6.45) is 11.9. The fourth-order valence-electron chi connectivity index (χ4n) is 5.71. The first-order valence-corrected chi connectivity index (χ1v) is 14.6. The number of hydrogen-bond donors (Lipinski definition) is 0. The van der Waals surface area contributed by atoms with E-state index in [0.717, 1.165) is 43.1 Å². The van der Waals surface area contributed by atoms with Crippen LogP contribution in [0.1, 0.15) is 70.1 Å². The number of fused-ring (bicyclic) bond motifs is 1. The molecule has 4 aromatic rings. The Labute approximate surface area is 244 Å². The number of pyridine rings is 2. The fraction of sp³-hybridized carbons (Fsp3) is 0.387. The van der Waals surface area contributed by atoms with Crippen molar-refractivity contribution in [3.8, 4) is 5.88 Å². The van der Waals surface area contributed by atoms with Crippen LogP contribution in [0.5, 0.6) is 5.88 Å². The Bertz CT molecular complexity index is 1560. The average molecular weight is 573 g/mol. The van der Waals surface area contributed by atoms with Crippen LogP contribution in [0.15, 0.2) is 55.1 Å². The van der Waals surface area contributed by atoms with Crippen LogP contribution in [-0.4, -0.2) is 67.5 Å². The molecule has 2 aliphatic heterocycles. The summed E-state index contributed by atoms with van der Waals surface area (Å²) in [6.45, 7) is 4.78. The number of hydrogen-bond acceptors (Lipinski definition) is 6. The topological polar surface area (TPSA) is 93.5 Å². The second-order valence-corrected chi connectivity index (χ2v) is 11.3. The first-order valence-electron chi connectivity index (χ1n) is 14.2. The van der Waals surface area contributed by atoms with Crippen molar-refractivity contribution in [3.63, 3.8) is 0 Å². The van der Waals surface area contributed by atoms with E-state index in [1.54, 1.807) is 30.7 Å². The van der Waals surface area contributed by atoms with Crippen LogP contribution < -0.4 is 4.74 Å². The summed E-state index contributed by atoms with van der Waals surface area (Å²) < 4.78 is 7.92. The van der Waals surface area contributed by atoms with Crippen molar-refractivity contribution in [1.82, 2.24) is 29.5 Å². The van der Waals surface area contributed by atoms with Crippen LogP contribution >= 0.6 is 11.6 Å². The Hall–Kier alpha value is -3.98. The van der Waals surface area contributed by atoms with Gasteiger partial charge in [0.1, 0.15) is 6.61 Å². The molecule has 0 aliphatic carbocycles. The van der Waals surface area contributed by atoms with Crippen LogP contribution in [0.25, 0.3) is 10.8 Å². The Morgan fingerprint density at radius 3 is 2.46 bits per heavy atom. The van der Waals surface area contributed by atoms with E-state index in [0.29, 0.717) is 59.3 Å². The lowest BCUT2D eigenvalue weighted by Crippen LogP contribution is -2.39. The number of aryl methyl sites for hydroxylation is 1. The Morgan fingerprint density at radius 2 is 1.73 bits per heavy atom. The molecule has 0 bridgehead atoms. The first kappa shape index (κ1) is 27.2. The molecule has 41 heavy (non-hydrogen) atoms. The maximum absolute atomic E-state index is 13.8. The van der Waals surface area contributed by atoms with E-state index >= 15 is 0 Å². The van der Waals surface area contributed by atoms with Crippen LogP contribution in [0.3, 0.4) is 0 Å². The third-order valence-electron chi connectivity index (χ3n) is 7.99. The summed E-state index contributed by atoms with van der Waals surface area (Å²) in [5.41, 5.74) is 2.58. The van der Waals surface area contributed by atoms with Gasteiger partial charge in [-0.2, -0.15) is 5.10 Å². The third-order valence-corrected chi connectivity index (χ3v) is 8.32. The van der Waals surface area contributed by atoms with E-state index < -0.39 is 0 Å². The molecule has 0 N–H and O–H groups in total. The second-order valence-electron chi connectivity index (χ2n) is 10.9. The molecule has 0 spiro atoms. The molecule has 0 unspecified atom stereocenters. The smallest absolute Gasteiger partial charge is 0.254 e. The molecule has 9 nitrogen and oxygen atoms in total. The van der Waals surface area contributed by atoms with Crippen LogP contribution in [-0.2, 0) is 6.61 Å². The van der Waals surface area contributed by atoms with Gasteiger partial charge in [0.05, 0.1) is 16.8 Å². The highest BCUT2D eigenvalue weighted by molar-refractivity contribution is 6.31. The van der Waals surface area contributed by atoms with Gasteiger partial charge in [-0.05, 0) is 68.9 Å². The van der Waals surface area contributed by atoms with Gasteiger partial charge < -0.3 is 14.5 Å². The SMILES string of the molecule is Cc1cnc(COc2cc3c(C(=O)N4CCCCC4)cc(C(=O)N4CCC(n5cccn5)CC4)cc3cn2)c(Cl)c1. The highest BCUT2D eigenvalue weighted by atomic mass is 35.5. The molecular formula is C31H33ClN6O3. The van der Waals surface area contributed by atoms with E-state index in [4.69, 9.17) is 16.3 Å². The van der Waals surface area contributed by atoms with Crippen molar-refractivity contribution in [2.75, 3.05) is 26.2 Å². The number of amides is 2. The normalized spacial score (nSPS) is 16.2. The second kappa shape index (κ2) is 11.9. The van der Waals surface area contributed by atoms with Gasteiger partial charge in [-0.1, -0.05) is 11.6 Å². The molecule has 2 aliphatic rings. The molecular weight excluding hydrogens is 540 g/mol. The lowest BCUT2D eigenvalue weighted by Gasteiger charge is -2.32. The summed E-state index contributed by atoms with van der Waals surface area (Å²) in [4.78, 5) is 40.1. The first-order chi connectivity index (χ1) is 20.0. The Morgan fingerprint density at radius 1 is 0.951 bits per heavy atom. The lowest BCUT2D eigenvalue weighted by atomic mass is 9.98. The van der Waals surface area contributed by atoms with Crippen molar-refractivity contribution >= 4 is 34.2 Å². The van der Waals surface area contributed by atoms with Crippen molar-refractivity contribution in [1.29, 1.82) is 0 Å². The van der Waals surface area contributed by atoms with Gasteiger partial charge in [0.25, 0.3) is 11.8 Å². The number of rotatable bonds is 6. The van der Waals surface area contributed by atoms with Crippen molar-refractivity contribution in [2.45, 2.75) is 51.7 Å². The minimum Gasteiger partial charge on any atom is -0.471 e. The highest BCUT2D eigenvalue weighted by Gasteiger charge is 2.27. The van der Waals surface area contributed by atoms with Gasteiger partial charge in [-0.15, -0.1) is 0 Å². The quantitative estimate of drug-likeness (QED) is 0.304. The van der Waals surface area contributed by atoms with Gasteiger partial charge in [0.15, 0.2) is 0 Å². The van der Waals surface area contributed by atoms with Gasteiger partial charge >= 0.3 is 0 Å².